The number of benzene rings is 1. The number of nitrogens with zero attached hydrogens (tertiary/aromatic N) is 4. The summed E-state index contributed by atoms with van der Waals surface area (Å²) in [5.74, 6) is 0.395. The molecule has 0 aromatic heterocycles. The van der Waals surface area contributed by atoms with E-state index in [0.717, 1.165) is 43.5 Å². The number of carbonyl (C=O) groups is 1. The summed E-state index contributed by atoms with van der Waals surface area (Å²) in [5.41, 5.74) is 2.64. The Balaban J connectivity index is 1.43. The van der Waals surface area contributed by atoms with Gasteiger partial charge in [0.15, 0.2) is 0 Å². The summed E-state index contributed by atoms with van der Waals surface area (Å²) in [4.78, 5) is 23.1. The van der Waals surface area contributed by atoms with Crippen molar-refractivity contribution in [2.24, 2.45) is 4.99 Å². The third kappa shape index (κ3) is 9.00. The van der Waals surface area contributed by atoms with E-state index in [4.69, 9.17) is 4.74 Å². The minimum Gasteiger partial charge on any atom is -0.385 e. The van der Waals surface area contributed by atoms with Gasteiger partial charge in [0, 0.05) is 68.1 Å². The second kappa shape index (κ2) is 15.3. The van der Waals surface area contributed by atoms with Crippen LogP contribution < -0.4 is 15.5 Å². The first-order chi connectivity index (χ1) is 21.1. The van der Waals surface area contributed by atoms with E-state index in [2.05, 4.69) is 51.5 Å². The van der Waals surface area contributed by atoms with Gasteiger partial charge >= 0.3 is 6.18 Å². The Bertz CT molecular complexity index is 1220. The van der Waals surface area contributed by atoms with Crippen molar-refractivity contribution in [3.8, 4) is 0 Å². The van der Waals surface area contributed by atoms with Crippen LogP contribution in [0.4, 0.5) is 24.5 Å². The van der Waals surface area contributed by atoms with Crippen molar-refractivity contribution in [1.82, 2.24) is 15.1 Å². The van der Waals surface area contributed by atoms with Crippen LogP contribution in [0.2, 0.25) is 0 Å². The molecule has 2 aliphatic heterocycles. The van der Waals surface area contributed by atoms with Gasteiger partial charge in [0.25, 0.3) is 0 Å². The summed E-state index contributed by atoms with van der Waals surface area (Å²) in [6.07, 6.45) is 3.24. The highest BCUT2D eigenvalue weighted by Gasteiger charge is 2.49. The molecule has 2 saturated heterocycles. The van der Waals surface area contributed by atoms with E-state index in [1.165, 1.54) is 18.5 Å². The van der Waals surface area contributed by atoms with Crippen molar-refractivity contribution < 1.29 is 22.7 Å². The van der Waals surface area contributed by atoms with Gasteiger partial charge in [0.05, 0.1) is 25.2 Å². The van der Waals surface area contributed by atoms with Crippen LogP contribution in [0.25, 0.3) is 0 Å². The summed E-state index contributed by atoms with van der Waals surface area (Å²) in [6, 6.07) is 6.29. The topological polar surface area (TPSA) is 72.4 Å². The molecule has 1 aromatic rings. The molecular formula is C33H49F3N6O2. The third-order valence-electron chi connectivity index (χ3n) is 8.84. The number of hydrogen-bond donors (Lipinski definition) is 2. The van der Waals surface area contributed by atoms with Gasteiger partial charge < -0.3 is 25.2 Å². The molecule has 0 bridgehead atoms. The Morgan fingerprint density at radius 1 is 1.16 bits per heavy atom. The first kappa shape index (κ1) is 33.8. The molecule has 0 atom stereocenters. The Kier molecular flexibility index (Phi) is 11.8. The van der Waals surface area contributed by atoms with Gasteiger partial charge in [-0.05, 0) is 69.8 Å². The second-order valence-electron chi connectivity index (χ2n) is 12.1. The molecule has 1 spiro atoms. The van der Waals surface area contributed by atoms with Gasteiger partial charge in [-0.2, -0.15) is 13.2 Å². The standard InChI is InChI=1S/C33H49F3N6O2/c1-5-7-9-30(37-15-8-16-41-19-21-44-20-12-31(41)43)28(33(34,35)36)23-38-25(3)39-29-11-10-27(22-26(29)6-2)42-18-17-40(4)32(24-42)13-14-32/h9-11,22-23,37H,5-8,12-21,24H2,1-4H3,(H,38,39)/b28-23+,30-9-. The van der Waals surface area contributed by atoms with Gasteiger partial charge in [-0.1, -0.05) is 26.3 Å². The van der Waals surface area contributed by atoms with E-state index < -0.39 is 11.7 Å². The van der Waals surface area contributed by atoms with Crippen LogP contribution in [0.3, 0.4) is 0 Å². The first-order valence-electron chi connectivity index (χ1n) is 16.0. The molecule has 244 valence electrons. The zero-order chi connectivity index (χ0) is 31.7. The van der Waals surface area contributed by atoms with Crippen LogP contribution in [-0.2, 0) is 16.0 Å². The maximum atomic E-state index is 14.3. The number of carbonyl (C=O) groups excluding carboxylic acids is 1. The van der Waals surface area contributed by atoms with E-state index in [0.29, 0.717) is 69.9 Å². The number of amidine groups is 1. The highest BCUT2D eigenvalue weighted by Crippen LogP contribution is 2.44. The van der Waals surface area contributed by atoms with E-state index in [1.807, 2.05) is 13.0 Å². The fourth-order valence-corrected chi connectivity index (χ4v) is 5.86. The summed E-state index contributed by atoms with van der Waals surface area (Å²) >= 11 is 0. The average molecular weight is 619 g/mol. The van der Waals surface area contributed by atoms with E-state index in [1.54, 1.807) is 17.9 Å². The molecule has 1 amide bonds. The predicted molar refractivity (Wildman–Crippen MR) is 171 cm³/mol. The number of anilines is 2. The molecule has 2 heterocycles. The Labute approximate surface area is 260 Å². The van der Waals surface area contributed by atoms with Crippen molar-refractivity contribution in [3.63, 3.8) is 0 Å². The summed E-state index contributed by atoms with van der Waals surface area (Å²) < 4.78 is 48.2. The second-order valence-corrected chi connectivity index (χ2v) is 12.1. The monoisotopic (exact) mass is 618 g/mol. The molecule has 1 aliphatic carbocycles. The molecule has 11 heteroatoms. The first-order valence-corrected chi connectivity index (χ1v) is 16.0. The Hall–Kier alpha value is -3.05. The molecule has 8 nitrogen and oxygen atoms in total. The SMILES string of the molecule is CCC/C=C(NCCCN1CCOCCC1=O)/C(=C\N=C(C)Nc1ccc(N2CCN(C)C3(CC3)C2)cc1CC)C(F)(F)F. The van der Waals surface area contributed by atoms with Gasteiger partial charge in [0.1, 0.15) is 5.84 Å². The van der Waals surface area contributed by atoms with Crippen molar-refractivity contribution in [2.75, 3.05) is 69.7 Å². The molecule has 1 saturated carbocycles. The lowest BCUT2D eigenvalue weighted by atomic mass is 10.1. The van der Waals surface area contributed by atoms with Gasteiger partial charge in [-0.15, -0.1) is 0 Å². The van der Waals surface area contributed by atoms with Crippen LogP contribution >= 0.6 is 0 Å². The van der Waals surface area contributed by atoms with Crippen molar-refractivity contribution in [2.45, 2.75) is 77.4 Å². The lowest BCUT2D eigenvalue weighted by molar-refractivity contribution is -0.130. The fraction of sp³-hybridized carbons (Fsp3) is 0.636. The average Bonchev–Trinajstić information content (AvgIpc) is 3.79. The number of aryl methyl sites for hydroxylation is 1. The minimum atomic E-state index is -4.59. The molecule has 3 fully saturated rings. The van der Waals surface area contributed by atoms with Crippen molar-refractivity contribution in [3.05, 3.63) is 47.3 Å². The highest BCUT2D eigenvalue weighted by molar-refractivity contribution is 5.95. The van der Waals surface area contributed by atoms with Gasteiger partial charge in [-0.25, -0.2) is 4.99 Å². The number of likely N-dealkylation sites (N-methyl/N-ethyl adjacent to an activating group) is 1. The number of allylic oxidation sites excluding steroid dienone is 2. The number of hydrogen-bond acceptors (Lipinski definition) is 6. The van der Waals surface area contributed by atoms with Gasteiger partial charge in [0.2, 0.25) is 5.91 Å². The summed E-state index contributed by atoms with van der Waals surface area (Å²) in [7, 11) is 2.21. The number of nitrogens with one attached hydrogen (secondary N) is 2. The maximum absolute atomic E-state index is 14.3. The van der Waals surface area contributed by atoms with E-state index >= 15 is 0 Å². The molecule has 44 heavy (non-hydrogen) atoms. The van der Waals surface area contributed by atoms with Crippen LogP contribution in [-0.4, -0.2) is 92.8 Å². The van der Waals surface area contributed by atoms with Crippen LogP contribution in [0.1, 0.15) is 64.9 Å². The third-order valence-corrected chi connectivity index (χ3v) is 8.84. The number of ether oxygens (including phenoxy) is 1. The number of aliphatic imine (C=N–C) groups is 1. The van der Waals surface area contributed by atoms with Crippen LogP contribution in [0.5, 0.6) is 0 Å². The lowest BCUT2D eigenvalue weighted by Gasteiger charge is -2.41. The van der Waals surface area contributed by atoms with Gasteiger partial charge in [-0.3, -0.25) is 9.69 Å². The normalized spacial score (nSPS) is 20.2. The number of rotatable bonds is 12. The molecule has 4 rings (SSSR count). The summed E-state index contributed by atoms with van der Waals surface area (Å²) in [5, 5.41) is 6.22. The smallest absolute Gasteiger partial charge is 0.385 e. The van der Waals surface area contributed by atoms with Crippen LogP contribution in [0.15, 0.2) is 46.7 Å². The van der Waals surface area contributed by atoms with Crippen molar-refractivity contribution in [1.29, 1.82) is 0 Å². The number of unbranched alkanes of at least 4 members (excludes halogenated alkanes) is 1. The quantitative estimate of drug-likeness (QED) is 0.135. The maximum Gasteiger partial charge on any atom is 0.419 e. The van der Waals surface area contributed by atoms with Crippen LogP contribution in [0, 0.1) is 0 Å². The molecule has 0 unspecified atom stereocenters. The number of amides is 1. The largest absolute Gasteiger partial charge is 0.419 e. The highest BCUT2D eigenvalue weighted by atomic mass is 19.4. The van der Waals surface area contributed by atoms with E-state index in [9.17, 15) is 18.0 Å². The molecular weight excluding hydrogens is 569 g/mol. The predicted octanol–water partition coefficient (Wildman–Crippen LogP) is 5.72. The zero-order valence-corrected chi connectivity index (χ0v) is 26.7. The molecule has 2 N–H and O–H groups in total. The fourth-order valence-electron chi connectivity index (χ4n) is 5.86. The molecule has 3 aliphatic rings. The lowest BCUT2D eigenvalue weighted by Crippen LogP contribution is -2.53. The summed E-state index contributed by atoms with van der Waals surface area (Å²) in [6.45, 7) is 10.9. The molecule has 0 radical (unpaired) electrons. The zero-order valence-electron chi connectivity index (χ0n) is 26.7. The van der Waals surface area contributed by atoms with Crippen molar-refractivity contribution >= 4 is 23.1 Å². The number of alkyl halides is 3. The Morgan fingerprint density at radius 2 is 1.95 bits per heavy atom. The number of piperazine rings is 1. The Morgan fingerprint density at radius 3 is 2.66 bits per heavy atom. The minimum absolute atomic E-state index is 0.0145. The number of halogens is 3. The van der Waals surface area contributed by atoms with E-state index in [-0.39, 0.29) is 11.6 Å². The molecule has 1 aromatic carbocycles.